The van der Waals surface area contributed by atoms with Crippen molar-refractivity contribution in [3.63, 3.8) is 0 Å². The Labute approximate surface area is 103 Å². The summed E-state index contributed by atoms with van der Waals surface area (Å²) in [5.74, 6) is 1.35. The van der Waals surface area contributed by atoms with Gasteiger partial charge in [-0.1, -0.05) is 6.92 Å². The second kappa shape index (κ2) is 5.56. The number of nitrogens with zero attached hydrogens (tertiary/aromatic N) is 2. The van der Waals surface area contributed by atoms with Crippen LogP contribution in [-0.2, 0) is 11.3 Å². The SMILES string of the molecule is CCNCc1c(C)nc(C2CCOC2)nc1C. The van der Waals surface area contributed by atoms with Crippen LogP contribution in [0.3, 0.4) is 0 Å². The average Bonchev–Trinajstić information content (AvgIpc) is 2.81. The number of hydrogen-bond acceptors (Lipinski definition) is 4. The van der Waals surface area contributed by atoms with Crippen molar-refractivity contribution >= 4 is 0 Å². The van der Waals surface area contributed by atoms with E-state index in [1.807, 2.05) is 0 Å². The van der Waals surface area contributed by atoms with Gasteiger partial charge in [-0.15, -0.1) is 0 Å². The minimum absolute atomic E-state index is 0.389. The molecule has 0 aliphatic carbocycles. The Morgan fingerprint density at radius 3 is 2.53 bits per heavy atom. The highest BCUT2D eigenvalue weighted by Gasteiger charge is 2.21. The molecular formula is C13H21N3O. The Hall–Kier alpha value is -1.00. The Morgan fingerprint density at radius 1 is 1.29 bits per heavy atom. The molecule has 2 heterocycles. The number of aryl methyl sites for hydroxylation is 2. The van der Waals surface area contributed by atoms with Crippen LogP contribution in [0.4, 0.5) is 0 Å². The van der Waals surface area contributed by atoms with Gasteiger partial charge in [-0.25, -0.2) is 9.97 Å². The van der Waals surface area contributed by atoms with Crippen LogP contribution in [0, 0.1) is 13.8 Å². The molecule has 4 heteroatoms. The summed E-state index contributed by atoms with van der Waals surface area (Å²) in [5.41, 5.74) is 3.43. The molecule has 94 valence electrons. The molecule has 1 aromatic rings. The van der Waals surface area contributed by atoms with Crippen molar-refractivity contribution in [1.29, 1.82) is 0 Å². The third-order valence-corrected chi connectivity index (χ3v) is 3.28. The topological polar surface area (TPSA) is 47.0 Å². The zero-order valence-electron chi connectivity index (χ0n) is 10.9. The molecule has 1 N–H and O–H groups in total. The standard InChI is InChI=1S/C13H21N3O/c1-4-14-7-12-9(2)15-13(16-10(12)3)11-5-6-17-8-11/h11,14H,4-8H2,1-3H3. The smallest absolute Gasteiger partial charge is 0.134 e. The molecule has 1 unspecified atom stereocenters. The molecule has 2 rings (SSSR count). The number of aromatic nitrogens is 2. The lowest BCUT2D eigenvalue weighted by Crippen LogP contribution is -2.17. The maximum atomic E-state index is 5.39. The maximum Gasteiger partial charge on any atom is 0.134 e. The van der Waals surface area contributed by atoms with Crippen LogP contribution in [0.1, 0.15) is 42.0 Å². The highest BCUT2D eigenvalue weighted by atomic mass is 16.5. The van der Waals surface area contributed by atoms with Gasteiger partial charge in [0.25, 0.3) is 0 Å². The van der Waals surface area contributed by atoms with Crippen molar-refractivity contribution in [1.82, 2.24) is 15.3 Å². The average molecular weight is 235 g/mol. The second-order valence-corrected chi connectivity index (χ2v) is 4.57. The molecule has 4 nitrogen and oxygen atoms in total. The fourth-order valence-corrected chi connectivity index (χ4v) is 2.19. The lowest BCUT2D eigenvalue weighted by molar-refractivity contribution is 0.193. The number of ether oxygens (including phenoxy) is 1. The predicted molar refractivity (Wildman–Crippen MR) is 67.1 cm³/mol. The van der Waals surface area contributed by atoms with E-state index in [0.717, 1.165) is 49.9 Å². The van der Waals surface area contributed by atoms with Gasteiger partial charge in [-0.3, -0.25) is 0 Å². The third-order valence-electron chi connectivity index (χ3n) is 3.28. The molecule has 1 aliphatic rings. The fraction of sp³-hybridized carbons (Fsp3) is 0.692. The van der Waals surface area contributed by atoms with Crippen molar-refractivity contribution in [3.05, 3.63) is 22.8 Å². The molecule has 1 saturated heterocycles. The number of nitrogens with one attached hydrogen (secondary N) is 1. The van der Waals surface area contributed by atoms with Gasteiger partial charge < -0.3 is 10.1 Å². The van der Waals surface area contributed by atoms with Gasteiger partial charge >= 0.3 is 0 Å². The highest BCUT2D eigenvalue weighted by molar-refractivity contribution is 5.25. The van der Waals surface area contributed by atoms with E-state index in [2.05, 4.69) is 36.1 Å². The summed E-state index contributed by atoms with van der Waals surface area (Å²) < 4.78 is 5.39. The summed E-state index contributed by atoms with van der Waals surface area (Å²) in [4.78, 5) is 9.28. The summed E-state index contributed by atoms with van der Waals surface area (Å²) in [6, 6.07) is 0. The quantitative estimate of drug-likeness (QED) is 0.863. The van der Waals surface area contributed by atoms with Crippen molar-refractivity contribution in [2.45, 2.75) is 39.7 Å². The molecule has 0 radical (unpaired) electrons. The number of rotatable bonds is 4. The van der Waals surface area contributed by atoms with Gasteiger partial charge in [0.05, 0.1) is 6.61 Å². The molecule has 1 fully saturated rings. The van der Waals surface area contributed by atoms with Crippen LogP contribution in [-0.4, -0.2) is 29.7 Å². The lowest BCUT2D eigenvalue weighted by Gasteiger charge is -2.13. The van der Waals surface area contributed by atoms with E-state index in [1.54, 1.807) is 0 Å². The molecule has 0 saturated carbocycles. The van der Waals surface area contributed by atoms with Crippen LogP contribution in [0.25, 0.3) is 0 Å². The van der Waals surface area contributed by atoms with Crippen LogP contribution >= 0.6 is 0 Å². The molecular weight excluding hydrogens is 214 g/mol. The van der Waals surface area contributed by atoms with Gasteiger partial charge in [0, 0.05) is 36.0 Å². The first-order valence-corrected chi connectivity index (χ1v) is 6.34. The first-order valence-electron chi connectivity index (χ1n) is 6.34. The minimum atomic E-state index is 0.389. The molecule has 0 amide bonds. The minimum Gasteiger partial charge on any atom is -0.381 e. The Balaban J connectivity index is 2.21. The van der Waals surface area contributed by atoms with E-state index in [0.29, 0.717) is 5.92 Å². The molecule has 1 aliphatic heterocycles. The molecule has 0 spiro atoms. The van der Waals surface area contributed by atoms with Gasteiger partial charge in [-0.05, 0) is 26.8 Å². The van der Waals surface area contributed by atoms with Crippen LogP contribution in [0.15, 0.2) is 0 Å². The van der Waals surface area contributed by atoms with E-state index >= 15 is 0 Å². The van der Waals surface area contributed by atoms with Crippen LogP contribution in [0.5, 0.6) is 0 Å². The normalized spacial score (nSPS) is 19.8. The molecule has 1 atom stereocenters. The summed E-state index contributed by atoms with van der Waals surface area (Å²) >= 11 is 0. The Kier molecular flexibility index (Phi) is 4.07. The second-order valence-electron chi connectivity index (χ2n) is 4.57. The van der Waals surface area contributed by atoms with E-state index in [1.165, 1.54) is 5.56 Å². The Morgan fingerprint density at radius 2 is 2.00 bits per heavy atom. The summed E-state index contributed by atoms with van der Waals surface area (Å²) in [7, 11) is 0. The van der Waals surface area contributed by atoms with Crippen molar-refractivity contribution in [3.8, 4) is 0 Å². The number of hydrogen-bond donors (Lipinski definition) is 1. The van der Waals surface area contributed by atoms with Crippen molar-refractivity contribution in [2.75, 3.05) is 19.8 Å². The first-order chi connectivity index (χ1) is 8.22. The zero-order valence-corrected chi connectivity index (χ0v) is 10.9. The van der Waals surface area contributed by atoms with Crippen LogP contribution < -0.4 is 5.32 Å². The largest absolute Gasteiger partial charge is 0.381 e. The maximum absolute atomic E-state index is 5.39. The van der Waals surface area contributed by atoms with E-state index < -0.39 is 0 Å². The monoisotopic (exact) mass is 235 g/mol. The van der Waals surface area contributed by atoms with E-state index in [9.17, 15) is 0 Å². The van der Waals surface area contributed by atoms with Gasteiger partial charge in [-0.2, -0.15) is 0 Å². The predicted octanol–water partition coefficient (Wildman–Crippen LogP) is 1.71. The van der Waals surface area contributed by atoms with Gasteiger partial charge in [0.2, 0.25) is 0 Å². The lowest BCUT2D eigenvalue weighted by atomic mass is 10.1. The van der Waals surface area contributed by atoms with Gasteiger partial charge in [0.15, 0.2) is 0 Å². The summed E-state index contributed by atoms with van der Waals surface area (Å²) in [5, 5.41) is 3.33. The summed E-state index contributed by atoms with van der Waals surface area (Å²) in [6.45, 7) is 9.68. The molecule has 0 aromatic carbocycles. The van der Waals surface area contributed by atoms with Crippen LogP contribution in [0.2, 0.25) is 0 Å². The Bertz CT molecular complexity index is 363. The van der Waals surface area contributed by atoms with Gasteiger partial charge in [0.1, 0.15) is 5.82 Å². The van der Waals surface area contributed by atoms with E-state index in [-0.39, 0.29) is 0 Å². The molecule has 0 bridgehead atoms. The van der Waals surface area contributed by atoms with Crippen molar-refractivity contribution < 1.29 is 4.74 Å². The first kappa shape index (κ1) is 12.5. The van der Waals surface area contributed by atoms with E-state index in [4.69, 9.17) is 4.74 Å². The highest BCUT2D eigenvalue weighted by Crippen LogP contribution is 2.23. The molecule has 1 aromatic heterocycles. The zero-order chi connectivity index (χ0) is 12.3. The molecule has 17 heavy (non-hydrogen) atoms. The third kappa shape index (κ3) is 2.82. The fourth-order valence-electron chi connectivity index (χ4n) is 2.19. The van der Waals surface area contributed by atoms with Crippen molar-refractivity contribution in [2.24, 2.45) is 0 Å². The summed E-state index contributed by atoms with van der Waals surface area (Å²) in [6.07, 6.45) is 1.05.